The average Bonchev–Trinajstić information content (AvgIpc) is 2.41. The van der Waals surface area contributed by atoms with Gasteiger partial charge in [0.2, 0.25) is 5.88 Å². The van der Waals surface area contributed by atoms with Crippen LogP contribution in [0, 0.1) is 0 Å². The molecule has 0 aliphatic rings. The van der Waals surface area contributed by atoms with Crippen molar-refractivity contribution in [3.63, 3.8) is 0 Å². The minimum Gasteiger partial charge on any atom is -0.439 e. The first-order valence-electron chi connectivity index (χ1n) is 5.63. The molecule has 3 N–H and O–H groups in total. The molecule has 0 saturated carbocycles. The first-order valence-corrected chi connectivity index (χ1v) is 6.00. The predicted molar refractivity (Wildman–Crippen MR) is 73.0 cm³/mol. The summed E-state index contributed by atoms with van der Waals surface area (Å²) in [6.45, 7) is 2.04. The molecule has 0 unspecified atom stereocenters. The van der Waals surface area contributed by atoms with Crippen molar-refractivity contribution in [3.05, 3.63) is 47.0 Å². The predicted octanol–water partition coefficient (Wildman–Crippen LogP) is 3.38. The highest BCUT2D eigenvalue weighted by molar-refractivity contribution is 6.31. The molecule has 0 fully saturated rings. The number of nitrogens with two attached hydrogens (primary N) is 1. The van der Waals surface area contributed by atoms with Crippen molar-refractivity contribution in [2.24, 2.45) is 5.84 Å². The molecule has 4 nitrogen and oxygen atoms in total. The van der Waals surface area contributed by atoms with Crippen LogP contribution in [0.4, 0.5) is 5.82 Å². The van der Waals surface area contributed by atoms with Crippen molar-refractivity contribution in [1.29, 1.82) is 0 Å². The number of hydrogen-bond acceptors (Lipinski definition) is 4. The quantitative estimate of drug-likeness (QED) is 0.656. The zero-order chi connectivity index (χ0) is 13.0. The Morgan fingerprint density at radius 2 is 2.17 bits per heavy atom. The third-order valence-corrected chi connectivity index (χ3v) is 2.86. The lowest BCUT2D eigenvalue weighted by atomic mass is 10.1. The van der Waals surface area contributed by atoms with Crippen LogP contribution in [0.3, 0.4) is 0 Å². The second-order valence-corrected chi connectivity index (χ2v) is 4.12. The molecule has 94 valence electrons. The Morgan fingerprint density at radius 3 is 2.89 bits per heavy atom. The second-order valence-electron chi connectivity index (χ2n) is 3.71. The van der Waals surface area contributed by atoms with Crippen LogP contribution in [0.2, 0.25) is 5.02 Å². The van der Waals surface area contributed by atoms with Crippen LogP contribution in [-0.2, 0) is 6.42 Å². The van der Waals surface area contributed by atoms with Crippen molar-refractivity contribution in [2.45, 2.75) is 13.3 Å². The van der Waals surface area contributed by atoms with Gasteiger partial charge in [0.15, 0.2) is 0 Å². The minimum atomic E-state index is 0.481. The highest BCUT2D eigenvalue weighted by atomic mass is 35.5. The van der Waals surface area contributed by atoms with Crippen molar-refractivity contribution in [2.75, 3.05) is 5.43 Å². The van der Waals surface area contributed by atoms with Crippen LogP contribution < -0.4 is 16.0 Å². The number of nitrogens with one attached hydrogen (secondary N) is 1. The minimum absolute atomic E-state index is 0.481. The van der Waals surface area contributed by atoms with Gasteiger partial charge in [0.25, 0.3) is 0 Å². The Hall–Kier alpha value is -1.78. The molecule has 2 rings (SSSR count). The Balaban J connectivity index is 2.22. The lowest BCUT2D eigenvalue weighted by molar-refractivity contribution is 0.463. The van der Waals surface area contributed by atoms with Crippen molar-refractivity contribution in [1.82, 2.24) is 4.98 Å². The fourth-order valence-corrected chi connectivity index (χ4v) is 1.81. The average molecular weight is 264 g/mol. The van der Waals surface area contributed by atoms with Crippen LogP contribution >= 0.6 is 11.6 Å². The molecule has 5 heteroatoms. The summed E-state index contributed by atoms with van der Waals surface area (Å²) in [6, 6.07) is 10.9. The van der Waals surface area contributed by atoms with Gasteiger partial charge in [0, 0.05) is 11.1 Å². The van der Waals surface area contributed by atoms with E-state index in [0.717, 1.165) is 17.0 Å². The number of nitrogen functional groups attached to an aromatic ring is 1. The lowest BCUT2D eigenvalue weighted by Crippen LogP contribution is -2.08. The van der Waals surface area contributed by atoms with Gasteiger partial charge in [0.05, 0.1) is 0 Å². The molecular formula is C13H14ClN3O. The van der Waals surface area contributed by atoms with Gasteiger partial charge in [-0.05, 0) is 36.2 Å². The lowest BCUT2D eigenvalue weighted by Gasteiger charge is -2.08. The molecule has 0 bridgehead atoms. The van der Waals surface area contributed by atoms with Gasteiger partial charge in [-0.1, -0.05) is 24.6 Å². The number of benzene rings is 1. The number of hydrazine groups is 1. The number of nitrogens with zero attached hydrogens (tertiary/aromatic N) is 1. The molecule has 1 aromatic carbocycles. The number of halogens is 1. The molecule has 1 aromatic heterocycles. The summed E-state index contributed by atoms with van der Waals surface area (Å²) in [5.74, 6) is 7.03. The third-order valence-electron chi connectivity index (χ3n) is 2.49. The van der Waals surface area contributed by atoms with Crippen LogP contribution in [0.5, 0.6) is 11.6 Å². The molecule has 0 aliphatic heterocycles. The Kier molecular flexibility index (Phi) is 4.02. The maximum absolute atomic E-state index is 6.05. The summed E-state index contributed by atoms with van der Waals surface area (Å²) in [5.41, 5.74) is 3.52. The molecule has 2 aromatic rings. The molecule has 0 spiro atoms. The zero-order valence-electron chi connectivity index (χ0n) is 9.98. The summed E-state index contributed by atoms with van der Waals surface area (Å²) in [4.78, 5) is 4.17. The van der Waals surface area contributed by atoms with Crippen LogP contribution in [-0.4, -0.2) is 4.98 Å². The van der Waals surface area contributed by atoms with Crippen LogP contribution in [0.15, 0.2) is 36.4 Å². The number of anilines is 1. The topological polar surface area (TPSA) is 60.2 Å². The molecular weight excluding hydrogens is 250 g/mol. The summed E-state index contributed by atoms with van der Waals surface area (Å²) < 4.78 is 5.65. The molecule has 0 radical (unpaired) electrons. The van der Waals surface area contributed by atoms with E-state index in [1.165, 1.54) is 0 Å². The summed E-state index contributed by atoms with van der Waals surface area (Å²) >= 11 is 6.05. The highest BCUT2D eigenvalue weighted by Crippen LogP contribution is 2.26. The number of hydrogen-bond donors (Lipinski definition) is 2. The fourth-order valence-electron chi connectivity index (χ4n) is 1.56. The molecule has 0 atom stereocenters. The van der Waals surface area contributed by atoms with Gasteiger partial charge in [0.1, 0.15) is 11.6 Å². The number of ether oxygens (including phenoxy) is 1. The van der Waals surface area contributed by atoms with E-state index >= 15 is 0 Å². The number of aromatic nitrogens is 1. The Labute approximate surface area is 111 Å². The fraction of sp³-hybridized carbons (Fsp3) is 0.154. The number of pyridine rings is 1. The monoisotopic (exact) mass is 263 g/mol. The summed E-state index contributed by atoms with van der Waals surface area (Å²) in [5, 5.41) is 0.746. The van der Waals surface area contributed by atoms with E-state index in [2.05, 4.69) is 10.4 Å². The van der Waals surface area contributed by atoms with E-state index in [4.69, 9.17) is 22.2 Å². The Morgan fingerprint density at radius 1 is 1.33 bits per heavy atom. The van der Waals surface area contributed by atoms with E-state index in [1.54, 1.807) is 12.1 Å². The maximum Gasteiger partial charge on any atom is 0.221 e. The molecule has 0 amide bonds. The van der Waals surface area contributed by atoms with Crippen molar-refractivity contribution < 1.29 is 4.74 Å². The zero-order valence-corrected chi connectivity index (χ0v) is 10.7. The first-order chi connectivity index (χ1) is 8.72. The standard InChI is InChI=1S/C13H14ClN3O/c1-2-9-8-10(6-7-11(9)14)18-13-5-3-4-12(16-13)17-15/h3-8H,2,15H2,1H3,(H,16,17). The second kappa shape index (κ2) is 5.71. The molecule has 1 heterocycles. The van der Waals surface area contributed by atoms with Gasteiger partial charge in [-0.15, -0.1) is 0 Å². The van der Waals surface area contributed by atoms with Crippen molar-refractivity contribution >= 4 is 17.4 Å². The SMILES string of the molecule is CCc1cc(Oc2cccc(NN)n2)ccc1Cl. The Bertz CT molecular complexity index is 546. The maximum atomic E-state index is 6.05. The van der Waals surface area contributed by atoms with Crippen LogP contribution in [0.1, 0.15) is 12.5 Å². The molecule has 0 saturated heterocycles. The van der Waals surface area contributed by atoms with E-state index < -0.39 is 0 Å². The van der Waals surface area contributed by atoms with Gasteiger partial charge in [-0.2, -0.15) is 4.98 Å². The highest BCUT2D eigenvalue weighted by Gasteiger charge is 2.03. The number of aryl methyl sites for hydroxylation is 1. The van der Waals surface area contributed by atoms with E-state index in [1.807, 2.05) is 31.2 Å². The molecule has 18 heavy (non-hydrogen) atoms. The van der Waals surface area contributed by atoms with Gasteiger partial charge >= 0.3 is 0 Å². The van der Waals surface area contributed by atoms with Crippen molar-refractivity contribution in [3.8, 4) is 11.6 Å². The van der Waals surface area contributed by atoms with E-state index in [0.29, 0.717) is 17.4 Å². The summed E-state index contributed by atoms with van der Waals surface area (Å²) in [6.07, 6.45) is 0.855. The van der Waals surface area contributed by atoms with E-state index in [9.17, 15) is 0 Å². The van der Waals surface area contributed by atoms with Gasteiger partial charge < -0.3 is 10.2 Å². The summed E-state index contributed by atoms with van der Waals surface area (Å²) in [7, 11) is 0. The van der Waals surface area contributed by atoms with Crippen LogP contribution in [0.25, 0.3) is 0 Å². The smallest absolute Gasteiger partial charge is 0.221 e. The third kappa shape index (κ3) is 2.91. The largest absolute Gasteiger partial charge is 0.439 e. The number of rotatable bonds is 4. The normalized spacial score (nSPS) is 10.2. The molecule has 0 aliphatic carbocycles. The van der Waals surface area contributed by atoms with E-state index in [-0.39, 0.29) is 0 Å². The van der Waals surface area contributed by atoms with Gasteiger partial charge in [-0.25, -0.2) is 5.84 Å². The van der Waals surface area contributed by atoms with Gasteiger partial charge in [-0.3, -0.25) is 0 Å². The first kappa shape index (κ1) is 12.7.